The van der Waals surface area contributed by atoms with E-state index in [1.165, 1.54) is 23.1 Å². The van der Waals surface area contributed by atoms with Crippen LogP contribution >= 0.6 is 0 Å². The van der Waals surface area contributed by atoms with Gasteiger partial charge >= 0.3 is 0 Å². The topological polar surface area (TPSA) is 119 Å². The number of halogens is 3. The Balaban J connectivity index is 1.62. The van der Waals surface area contributed by atoms with Crippen molar-refractivity contribution in [3.05, 3.63) is 71.4 Å². The van der Waals surface area contributed by atoms with Gasteiger partial charge in [0, 0.05) is 12.1 Å². The number of amides is 1. The van der Waals surface area contributed by atoms with Gasteiger partial charge in [-0.15, -0.1) is 0 Å². The van der Waals surface area contributed by atoms with Crippen molar-refractivity contribution in [2.45, 2.75) is 13.0 Å². The van der Waals surface area contributed by atoms with Gasteiger partial charge in [0.25, 0.3) is 5.91 Å². The van der Waals surface area contributed by atoms with E-state index in [9.17, 15) is 23.1 Å². The average Bonchev–Trinajstić information content (AvgIpc) is 3.06. The molecule has 11 heteroatoms. The number of nitrogens with two attached hydrogens (primary N) is 1. The van der Waals surface area contributed by atoms with E-state index in [0.717, 1.165) is 18.2 Å². The van der Waals surface area contributed by atoms with Crippen molar-refractivity contribution in [2.24, 2.45) is 0 Å². The van der Waals surface area contributed by atoms with Crippen molar-refractivity contribution in [1.82, 2.24) is 19.7 Å². The summed E-state index contributed by atoms with van der Waals surface area (Å²) in [5, 5.41) is 16.6. The fraction of sp³-hybridized carbons (Fsp3) is 0.100. The van der Waals surface area contributed by atoms with Gasteiger partial charge in [0.1, 0.15) is 34.8 Å². The molecule has 158 valence electrons. The van der Waals surface area contributed by atoms with Crippen LogP contribution in [0.5, 0.6) is 0 Å². The highest BCUT2D eigenvalue weighted by Crippen LogP contribution is 2.26. The maximum absolute atomic E-state index is 14.7. The van der Waals surface area contributed by atoms with Crippen LogP contribution in [0.1, 0.15) is 17.4 Å². The minimum atomic E-state index is -1.90. The summed E-state index contributed by atoms with van der Waals surface area (Å²) in [6.45, 7) is 1.72. The molecule has 0 fully saturated rings. The number of rotatable bonds is 4. The number of benzene rings is 2. The number of carbonyl (C=O) groups excluding carboxylic acids is 1. The molecule has 1 atom stereocenters. The molecule has 0 saturated carbocycles. The lowest BCUT2D eigenvalue weighted by Crippen LogP contribution is -2.21. The molecule has 0 aliphatic heterocycles. The lowest BCUT2D eigenvalue weighted by atomic mass is 10.1. The minimum Gasteiger partial charge on any atom is -0.382 e. The number of aromatic nitrogens is 4. The number of aliphatic hydroxyl groups is 1. The second kappa shape index (κ2) is 7.69. The number of anilines is 2. The summed E-state index contributed by atoms with van der Waals surface area (Å²) in [6, 6.07) is 6.04. The van der Waals surface area contributed by atoms with Gasteiger partial charge in [0.05, 0.1) is 17.1 Å². The molecule has 1 amide bonds. The monoisotopic (exact) mass is 428 g/mol. The van der Waals surface area contributed by atoms with Gasteiger partial charge in [-0.05, 0) is 36.8 Å². The zero-order chi connectivity index (χ0) is 22.3. The summed E-state index contributed by atoms with van der Waals surface area (Å²) in [5.41, 5.74) is 7.12. The molecule has 0 aliphatic rings. The molecule has 2 heterocycles. The predicted octanol–water partition coefficient (Wildman–Crippen LogP) is 2.80. The minimum absolute atomic E-state index is 0.161. The molecule has 0 bridgehead atoms. The van der Waals surface area contributed by atoms with E-state index in [4.69, 9.17) is 5.73 Å². The molecule has 4 N–H and O–H groups in total. The molecule has 8 nitrogen and oxygen atoms in total. The largest absolute Gasteiger partial charge is 0.382 e. The molecule has 2 aromatic carbocycles. The first kappa shape index (κ1) is 20.3. The normalized spacial score (nSPS) is 12.2. The quantitative estimate of drug-likeness (QED) is 0.460. The molecule has 4 rings (SSSR count). The van der Waals surface area contributed by atoms with E-state index in [2.05, 4.69) is 20.4 Å². The Bertz CT molecular complexity index is 1300. The second-order valence-electron chi connectivity index (χ2n) is 6.71. The number of hydrogen-bond donors (Lipinski definition) is 3. The van der Waals surface area contributed by atoms with E-state index in [1.54, 1.807) is 6.92 Å². The Morgan fingerprint density at radius 1 is 1.13 bits per heavy atom. The second-order valence-corrected chi connectivity index (χ2v) is 6.71. The van der Waals surface area contributed by atoms with Crippen LogP contribution in [0.4, 0.5) is 24.7 Å². The maximum Gasteiger partial charge on any atom is 0.257 e. The average molecular weight is 428 g/mol. The molecule has 0 spiro atoms. The first-order chi connectivity index (χ1) is 14.7. The number of nitrogens with one attached hydrogen (secondary N) is 1. The van der Waals surface area contributed by atoms with Gasteiger partial charge in [-0.2, -0.15) is 5.10 Å². The Hall–Kier alpha value is -3.99. The van der Waals surface area contributed by atoms with Crippen molar-refractivity contribution in [3.63, 3.8) is 0 Å². The van der Waals surface area contributed by atoms with Gasteiger partial charge in [-0.3, -0.25) is 4.79 Å². The zero-order valence-corrected chi connectivity index (χ0v) is 16.0. The first-order valence-corrected chi connectivity index (χ1v) is 8.95. The number of aliphatic hydroxyl groups excluding tert-OH is 1. The van der Waals surface area contributed by atoms with Crippen LogP contribution in [0.25, 0.3) is 16.7 Å². The molecule has 31 heavy (non-hydrogen) atoms. The third-order valence-electron chi connectivity index (χ3n) is 4.56. The standard InChI is InChI=1S/C20H15F3N6O2/c1-9-16-17(19(24)26-8-25-16)29(28-9)13-2-3-15(14(23)7-13)27-20(31)18(30)10-4-11(21)6-12(22)5-10/h2-8,18,30H,1H3,(H,27,31)(H2,24,25,26). The van der Waals surface area contributed by atoms with Crippen LogP contribution in [0.15, 0.2) is 42.7 Å². The summed E-state index contributed by atoms with van der Waals surface area (Å²) in [7, 11) is 0. The van der Waals surface area contributed by atoms with Crippen LogP contribution in [-0.2, 0) is 4.79 Å². The molecular weight excluding hydrogens is 413 g/mol. The molecule has 2 aromatic heterocycles. The summed E-state index contributed by atoms with van der Waals surface area (Å²) in [6.07, 6.45) is -0.606. The van der Waals surface area contributed by atoms with E-state index in [-0.39, 0.29) is 17.1 Å². The van der Waals surface area contributed by atoms with Gasteiger partial charge < -0.3 is 16.2 Å². The van der Waals surface area contributed by atoms with Gasteiger partial charge in [-0.1, -0.05) is 0 Å². The van der Waals surface area contributed by atoms with Crippen molar-refractivity contribution in [3.8, 4) is 5.69 Å². The maximum atomic E-state index is 14.7. The fourth-order valence-corrected chi connectivity index (χ4v) is 3.12. The van der Waals surface area contributed by atoms with Crippen molar-refractivity contribution < 1.29 is 23.1 Å². The SMILES string of the molecule is Cc1nn(-c2ccc(NC(=O)C(O)c3cc(F)cc(F)c3)c(F)c2)c2c(N)ncnc12. The van der Waals surface area contributed by atoms with Crippen LogP contribution in [-0.4, -0.2) is 30.8 Å². The Morgan fingerprint density at radius 3 is 2.52 bits per heavy atom. The summed E-state index contributed by atoms with van der Waals surface area (Å²) < 4.78 is 42.7. The highest BCUT2D eigenvalue weighted by molar-refractivity contribution is 5.95. The van der Waals surface area contributed by atoms with Gasteiger partial charge in [-0.25, -0.2) is 27.8 Å². The fourth-order valence-electron chi connectivity index (χ4n) is 3.12. The molecule has 0 saturated heterocycles. The Labute approximate surface area is 173 Å². The van der Waals surface area contributed by atoms with Crippen LogP contribution in [0, 0.1) is 24.4 Å². The zero-order valence-electron chi connectivity index (χ0n) is 16.0. The smallest absolute Gasteiger partial charge is 0.257 e. The molecule has 4 aromatic rings. The van der Waals surface area contributed by atoms with Crippen molar-refractivity contribution in [2.75, 3.05) is 11.1 Å². The lowest BCUT2D eigenvalue weighted by Gasteiger charge is -2.13. The number of fused-ring (bicyclic) bond motifs is 1. The third-order valence-corrected chi connectivity index (χ3v) is 4.56. The van der Waals surface area contributed by atoms with Gasteiger partial charge in [0.2, 0.25) is 0 Å². The van der Waals surface area contributed by atoms with E-state index in [0.29, 0.717) is 28.5 Å². The van der Waals surface area contributed by atoms with Crippen LogP contribution in [0.2, 0.25) is 0 Å². The molecule has 1 unspecified atom stereocenters. The van der Waals surface area contributed by atoms with Crippen molar-refractivity contribution in [1.29, 1.82) is 0 Å². The first-order valence-electron chi connectivity index (χ1n) is 8.95. The van der Waals surface area contributed by atoms with Crippen molar-refractivity contribution >= 4 is 28.4 Å². The molecule has 0 radical (unpaired) electrons. The van der Waals surface area contributed by atoms with Crippen LogP contribution in [0.3, 0.4) is 0 Å². The lowest BCUT2D eigenvalue weighted by molar-refractivity contribution is -0.124. The summed E-state index contributed by atoms with van der Waals surface area (Å²) in [4.78, 5) is 20.3. The molecular formula is C20H15F3N6O2. The third kappa shape index (κ3) is 3.78. The van der Waals surface area contributed by atoms with E-state index >= 15 is 0 Å². The Kier molecular flexibility index (Phi) is 5.03. The highest BCUT2D eigenvalue weighted by Gasteiger charge is 2.21. The Morgan fingerprint density at radius 2 is 1.84 bits per heavy atom. The highest BCUT2D eigenvalue weighted by atomic mass is 19.1. The number of aryl methyl sites for hydroxylation is 1. The predicted molar refractivity (Wildman–Crippen MR) is 106 cm³/mol. The molecule has 0 aliphatic carbocycles. The number of nitrogen functional groups attached to an aromatic ring is 1. The van der Waals surface area contributed by atoms with Crippen LogP contribution < -0.4 is 11.1 Å². The van der Waals surface area contributed by atoms with E-state index in [1.807, 2.05) is 0 Å². The number of carbonyl (C=O) groups is 1. The van der Waals surface area contributed by atoms with E-state index < -0.39 is 29.5 Å². The number of nitrogens with zero attached hydrogens (tertiary/aromatic N) is 4. The number of hydrogen-bond acceptors (Lipinski definition) is 6. The summed E-state index contributed by atoms with van der Waals surface area (Å²) >= 11 is 0. The summed E-state index contributed by atoms with van der Waals surface area (Å²) in [5.74, 6) is -3.64. The van der Waals surface area contributed by atoms with Gasteiger partial charge in [0.15, 0.2) is 11.9 Å².